The summed E-state index contributed by atoms with van der Waals surface area (Å²) in [6, 6.07) is 13.7. The zero-order chi connectivity index (χ0) is 21.3. The van der Waals surface area contributed by atoms with Crippen LogP contribution in [0.25, 0.3) is 5.69 Å². The van der Waals surface area contributed by atoms with Crippen molar-refractivity contribution in [2.45, 2.75) is 19.4 Å². The van der Waals surface area contributed by atoms with Crippen molar-refractivity contribution in [2.24, 2.45) is 5.92 Å². The van der Waals surface area contributed by atoms with Crippen LogP contribution in [0.15, 0.2) is 61.2 Å². The van der Waals surface area contributed by atoms with Crippen LogP contribution in [0, 0.1) is 11.7 Å². The van der Waals surface area contributed by atoms with Gasteiger partial charge in [-0.2, -0.15) is 5.10 Å². The summed E-state index contributed by atoms with van der Waals surface area (Å²) in [4.78, 5) is 32.4. The van der Waals surface area contributed by atoms with E-state index in [1.54, 1.807) is 41.2 Å². The first-order chi connectivity index (χ1) is 14.5. The highest BCUT2D eigenvalue weighted by Crippen LogP contribution is 2.30. The minimum absolute atomic E-state index is 0.0788. The van der Waals surface area contributed by atoms with Gasteiger partial charge >= 0.3 is 0 Å². The van der Waals surface area contributed by atoms with E-state index >= 15 is 0 Å². The Bertz CT molecular complexity index is 1050. The first kappa shape index (κ1) is 19.8. The Labute approximate surface area is 173 Å². The van der Waals surface area contributed by atoms with Gasteiger partial charge in [0.05, 0.1) is 23.3 Å². The van der Waals surface area contributed by atoms with E-state index in [0.29, 0.717) is 0 Å². The Kier molecular flexibility index (Phi) is 5.31. The number of amides is 2. The van der Waals surface area contributed by atoms with Crippen LogP contribution < -0.4 is 4.90 Å². The summed E-state index contributed by atoms with van der Waals surface area (Å²) in [6.07, 6.45) is 3.17. The van der Waals surface area contributed by atoms with Crippen LogP contribution in [0.1, 0.15) is 24.9 Å². The first-order valence-corrected chi connectivity index (χ1v) is 9.72. The molecule has 0 saturated carbocycles. The van der Waals surface area contributed by atoms with Crippen LogP contribution in [0.5, 0.6) is 0 Å². The molecule has 2 amide bonds. The van der Waals surface area contributed by atoms with Gasteiger partial charge in [-0.25, -0.2) is 14.1 Å². The van der Waals surface area contributed by atoms with Crippen molar-refractivity contribution < 1.29 is 14.0 Å². The number of aromatic nitrogens is 3. The van der Waals surface area contributed by atoms with Crippen LogP contribution in [0.4, 0.5) is 10.1 Å². The molecule has 1 saturated heterocycles. The molecule has 30 heavy (non-hydrogen) atoms. The first-order valence-electron chi connectivity index (χ1n) is 9.72. The number of hydrogen-bond donors (Lipinski definition) is 0. The summed E-state index contributed by atoms with van der Waals surface area (Å²) in [5, 5.41) is 4.10. The monoisotopic (exact) mass is 407 g/mol. The molecule has 0 unspecified atom stereocenters. The molecule has 2 aromatic carbocycles. The van der Waals surface area contributed by atoms with Gasteiger partial charge < -0.3 is 9.80 Å². The van der Waals surface area contributed by atoms with E-state index < -0.39 is 11.7 Å². The fourth-order valence-electron chi connectivity index (χ4n) is 3.73. The lowest BCUT2D eigenvalue weighted by Crippen LogP contribution is -2.36. The third-order valence-electron chi connectivity index (χ3n) is 5.60. The van der Waals surface area contributed by atoms with Crippen LogP contribution in [0.2, 0.25) is 0 Å². The maximum absolute atomic E-state index is 14.1. The van der Waals surface area contributed by atoms with Gasteiger partial charge in [0, 0.05) is 20.0 Å². The second-order valence-electron chi connectivity index (χ2n) is 7.41. The highest BCUT2D eigenvalue weighted by atomic mass is 19.1. The predicted octanol–water partition coefficient (Wildman–Crippen LogP) is 2.98. The van der Waals surface area contributed by atoms with Gasteiger partial charge in [0.2, 0.25) is 11.8 Å². The quantitative estimate of drug-likeness (QED) is 0.652. The van der Waals surface area contributed by atoms with Crippen LogP contribution in [-0.4, -0.2) is 45.1 Å². The van der Waals surface area contributed by atoms with Crippen molar-refractivity contribution in [3.05, 3.63) is 72.6 Å². The lowest BCUT2D eigenvalue weighted by Gasteiger charge is -2.28. The van der Waals surface area contributed by atoms with E-state index in [9.17, 15) is 14.0 Å². The fourth-order valence-corrected chi connectivity index (χ4v) is 3.73. The lowest BCUT2D eigenvalue weighted by molar-refractivity contribution is -0.136. The van der Waals surface area contributed by atoms with Crippen molar-refractivity contribution in [1.82, 2.24) is 19.7 Å². The van der Waals surface area contributed by atoms with Gasteiger partial charge in [0.15, 0.2) is 0 Å². The summed E-state index contributed by atoms with van der Waals surface area (Å²) in [5.74, 6) is -1.33. The number of hydrogen-bond acceptors (Lipinski definition) is 4. The standard InChI is InChI=1S/C22H22FN5O2/c1-15(16-7-9-18(10-8-16)28-14-24-13-25-28)26(2)22(30)17-11-21(29)27(12-17)20-6-4-3-5-19(20)23/h3-10,13-15,17H,11-12H2,1-2H3/t15-,17-/m0/s1. The zero-order valence-corrected chi connectivity index (χ0v) is 16.8. The highest BCUT2D eigenvalue weighted by Gasteiger charge is 2.38. The molecule has 1 fully saturated rings. The SMILES string of the molecule is C[C@@H](c1ccc(-n2cncn2)cc1)N(C)C(=O)[C@H]1CC(=O)N(c2ccccc2F)C1. The Hall–Kier alpha value is -3.55. The number of anilines is 1. The number of halogens is 1. The number of carbonyl (C=O) groups excluding carboxylic acids is 2. The van der Waals surface area contributed by atoms with Crippen LogP contribution >= 0.6 is 0 Å². The maximum Gasteiger partial charge on any atom is 0.228 e. The van der Waals surface area contributed by atoms with Crippen molar-refractivity contribution in [3.8, 4) is 5.69 Å². The molecule has 2 heterocycles. The molecule has 1 aromatic heterocycles. The zero-order valence-electron chi connectivity index (χ0n) is 16.8. The molecule has 7 nitrogen and oxygen atoms in total. The summed E-state index contributed by atoms with van der Waals surface area (Å²) in [7, 11) is 1.73. The number of rotatable bonds is 5. The minimum atomic E-state index is -0.501. The average Bonchev–Trinajstić information content (AvgIpc) is 3.43. The Balaban J connectivity index is 1.45. The van der Waals surface area contributed by atoms with E-state index in [-0.39, 0.29) is 36.5 Å². The molecule has 0 N–H and O–H groups in total. The third-order valence-corrected chi connectivity index (χ3v) is 5.60. The van der Waals surface area contributed by atoms with Gasteiger partial charge in [-0.3, -0.25) is 9.59 Å². The maximum atomic E-state index is 14.1. The molecule has 3 aromatic rings. The van der Waals surface area contributed by atoms with Gasteiger partial charge in [0.25, 0.3) is 0 Å². The molecular formula is C22H22FN5O2. The van der Waals surface area contributed by atoms with Gasteiger partial charge in [-0.15, -0.1) is 0 Å². The Morgan fingerprint density at radius 2 is 1.93 bits per heavy atom. The number of carbonyl (C=O) groups is 2. The molecular weight excluding hydrogens is 385 g/mol. The van der Waals surface area contributed by atoms with Crippen molar-refractivity contribution in [2.75, 3.05) is 18.5 Å². The number of nitrogens with zero attached hydrogens (tertiary/aromatic N) is 5. The number of benzene rings is 2. The number of para-hydroxylation sites is 1. The average molecular weight is 407 g/mol. The van der Waals surface area contributed by atoms with E-state index in [1.807, 2.05) is 31.2 Å². The molecule has 0 radical (unpaired) electrons. The molecule has 8 heteroatoms. The summed E-state index contributed by atoms with van der Waals surface area (Å²) >= 11 is 0. The summed E-state index contributed by atoms with van der Waals surface area (Å²) < 4.78 is 15.7. The second-order valence-corrected chi connectivity index (χ2v) is 7.41. The highest BCUT2D eigenvalue weighted by molar-refractivity contribution is 6.00. The van der Waals surface area contributed by atoms with E-state index in [1.165, 1.54) is 17.3 Å². The van der Waals surface area contributed by atoms with E-state index in [4.69, 9.17) is 0 Å². The molecule has 2 atom stereocenters. The normalized spacial score (nSPS) is 17.2. The summed E-state index contributed by atoms with van der Waals surface area (Å²) in [5.41, 5.74) is 2.06. The van der Waals surface area contributed by atoms with Gasteiger partial charge in [0.1, 0.15) is 18.5 Å². The molecule has 154 valence electrons. The smallest absolute Gasteiger partial charge is 0.228 e. The topological polar surface area (TPSA) is 71.3 Å². The van der Waals surface area contributed by atoms with Crippen molar-refractivity contribution in [1.29, 1.82) is 0 Å². The molecule has 0 aliphatic carbocycles. The molecule has 1 aliphatic rings. The van der Waals surface area contributed by atoms with Crippen LogP contribution in [-0.2, 0) is 9.59 Å². The van der Waals surface area contributed by atoms with Crippen molar-refractivity contribution >= 4 is 17.5 Å². The third kappa shape index (κ3) is 3.68. The Morgan fingerprint density at radius 1 is 1.20 bits per heavy atom. The Morgan fingerprint density at radius 3 is 2.60 bits per heavy atom. The lowest BCUT2D eigenvalue weighted by atomic mass is 10.0. The largest absolute Gasteiger partial charge is 0.339 e. The van der Waals surface area contributed by atoms with E-state index in [2.05, 4.69) is 10.1 Å². The molecule has 4 rings (SSSR count). The molecule has 1 aliphatic heterocycles. The fraction of sp³-hybridized carbons (Fsp3) is 0.273. The molecule has 0 bridgehead atoms. The minimum Gasteiger partial charge on any atom is -0.339 e. The summed E-state index contributed by atoms with van der Waals surface area (Å²) in [6.45, 7) is 2.12. The van der Waals surface area contributed by atoms with Gasteiger partial charge in [-0.1, -0.05) is 24.3 Å². The van der Waals surface area contributed by atoms with E-state index in [0.717, 1.165) is 11.3 Å². The van der Waals surface area contributed by atoms with Gasteiger partial charge in [-0.05, 0) is 36.8 Å². The van der Waals surface area contributed by atoms with Crippen LogP contribution in [0.3, 0.4) is 0 Å². The molecule has 0 spiro atoms. The second kappa shape index (κ2) is 8.06. The predicted molar refractivity (Wildman–Crippen MR) is 109 cm³/mol. The van der Waals surface area contributed by atoms with Crippen molar-refractivity contribution in [3.63, 3.8) is 0 Å².